The van der Waals surface area contributed by atoms with Gasteiger partial charge in [-0.05, 0) is 178 Å². The molecule has 0 aromatic heterocycles. The second kappa shape index (κ2) is 54.3. The number of carboxylic acids is 2. The highest BCUT2D eigenvalue weighted by molar-refractivity contribution is 6.34. The number of aliphatic carboxylic acids is 2. The Morgan fingerprint density at radius 1 is 0.460 bits per heavy atom. The average Bonchev–Trinajstić information content (AvgIpc) is 0.853. The van der Waals surface area contributed by atoms with Crippen LogP contribution < -0.4 is 65.9 Å². The molecule has 19 N–H and O–H groups in total. The molecule has 124 heavy (non-hydrogen) atoms. The molecule has 4 aromatic carbocycles. The molecule has 686 valence electrons. The van der Waals surface area contributed by atoms with Crippen LogP contribution in [0.15, 0.2) is 121 Å². The van der Waals surface area contributed by atoms with Gasteiger partial charge in [0.1, 0.15) is 29.3 Å². The second-order valence-corrected chi connectivity index (χ2v) is 33.6. The number of rotatable bonds is 39. The van der Waals surface area contributed by atoms with Gasteiger partial charge in [0.15, 0.2) is 11.6 Å². The van der Waals surface area contributed by atoms with E-state index in [1.165, 1.54) is 9.80 Å². The highest BCUT2D eigenvalue weighted by atomic mass is 19.4. The van der Waals surface area contributed by atoms with Gasteiger partial charge in [0.05, 0.1) is 18.1 Å². The first-order chi connectivity index (χ1) is 58.1. The van der Waals surface area contributed by atoms with Crippen LogP contribution in [0.25, 0.3) is 0 Å². The number of alkyl halides is 3. The fourth-order valence-electron chi connectivity index (χ4n) is 13.2. The quantitative estimate of drug-likeness (QED) is 0.0182. The molecule has 33 nitrogen and oxygen atoms in total. The number of nitrogens with zero attached hydrogens (tertiary/aromatic N) is 2. The van der Waals surface area contributed by atoms with Gasteiger partial charge in [-0.2, -0.15) is 13.2 Å². The van der Waals surface area contributed by atoms with Crippen molar-refractivity contribution in [2.24, 2.45) is 52.3 Å². The Kier molecular flexibility index (Phi) is 46.7. The van der Waals surface area contributed by atoms with Gasteiger partial charge in [0, 0.05) is 75.9 Å². The molecule has 4 aromatic rings. The van der Waals surface area contributed by atoms with Crippen molar-refractivity contribution in [3.63, 3.8) is 0 Å². The Bertz CT molecular complexity index is 4070. The lowest BCUT2D eigenvalue weighted by Crippen LogP contribution is -2.54. The standard InChI is InChI=1S/C41H60N4O9.C38H55N7O6.C7H13N3O2.C2HF3O2/c1-27(2)23-30(35(47)43-31(37(49)50)21-15-16-22-42-38(51)53-40(3,4)5)26-34(46)32(24-28-17-11-9-12-18-28)44-36(48)33(25-29-19-13-10-14-20-29)45-39(52)54-41(6,7)8;1-25(2)21-28(35(48)43-31(15-9-10-18-39)37(50)42-29-16-19-45(20-17-29)38(51)34(41)47)24-33(46)32(23-27-13-7-4-8-14-27)44-36(49)30(40)22-26-11-5-3-6-12-26;8-5-1-3-10(4-2-5)7(12)6(9)11;3-2(4,5)1(6)7/h9-14,17-20,27,30-33H,15-16,21-26H2,1-8H3,(H,42,51)(H,43,47)(H,44,48)(H,45,52)(H,49,50);3-8,11-14,25,28-32H,9-10,15-24,39-40H2,1-2H3,(H2,41,47)(H,42,50)(H,43,48)(H,44,49);5H,1-4,8H2,(H2,9,11);(H,6,7)/t30-,31+,32+,33+;28-,30+,31+,32+;;/m00../s1. The van der Waals surface area contributed by atoms with E-state index < -0.39 is 143 Å². The minimum atomic E-state index is -5.08. The van der Waals surface area contributed by atoms with Gasteiger partial charge < -0.3 is 95.4 Å². The molecular formula is C88H129F3N14O19. The third kappa shape index (κ3) is 44.1. The van der Waals surface area contributed by atoms with Gasteiger partial charge in [-0.15, -0.1) is 0 Å². The highest BCUT2D eigenvalue weighted by Crippen LogP contribution is 2.24. The van der Waals surface area contributed by atoms with E-state index in [0.717, 1.165) is 35.1 Å². The molecule has 2 aliphatic heterocycles. The first kappa shape index (κ1) is 107. The number of carboxylic acid groups (broad SMARTS) is 2. The van der Waals surface area contributed by atoms with Gasteiger partial charge in [-0.3, -0.25) is 52.7 Å². The van der Waals surface area contributed by atoms with Crippen molar-refractivity contribution in [1.82, 2.24) is 47.0 Å². The number of nitrogens with one attached hydrogen (secondary N) is 7. The number of alkyl carbamates (subject to hydrolysis) is 2. The van der Waals surface area contributed by atoms with E-state index in [0.29, 0.717) is 83.8 Å². The number of benzene rings is 4. The lowest BCUT2D eigenvalue weighted by molar-refractivity contribution is -0.192. The summed E-state index contributed by atoms with van der Waals surface area (Å²) in [5.41, 5.74) is 29.4. The smallest absolute Gasteiger partial charge is 0.480 e. The van der Waals surface area contributed by atoms with Crippen molar-refractivity contribution in [1.29, 1.82) is 0 Å². The van der Waals surface area contributed by atoms with Crippen LogP contribution in [0.2, 0.25) is 0 Å². The Balaban J connectivity index is 0.000000526. The van der Waals surface area contributed by atoms with Gasteiger partial charge >= 0.3 is 53.9 Å². The molecule has 0 unspecified atom stereocenters. The van der Waals surface area contributed by atoms with Crippen LogP contribution in [0.5, 0.6) is 0 Å². The number of primary amides is 2. The molecule has 0 saturated carbocycles. The lowest BCUT2D eigenvalue weighted by atomic mass is 9.88. The molecule has 8 atom stereocenters. The number of nitrogens with two attached hydrogens (primary N) is 5. The van der Waals surface area contributed by atoms with Crippen molar-refractivity contribution in [3.05, 3.63) is 144 Å². The minimum absolute atomic E-state index is 0.00815. The Morgan fingerprint density at radius 2 is 0.815 bits per heavy atom. The maximum Gasteiger partial charge on any atom is 0.490 e. The van der Waals surface area contributed by atoms with Crippen LogP contribution in [0.4, 0.5) is 22.8 Å². The van der Waals surface area contributed by atoms with Crippen molar-refractivity contribution in [2.45, 2.75) is 251 Å². The number of hydrogen-bond donors (Lipinski definition) is 14. The number of carbonyl (C=O) groups is 15. The maximum atomic E-state index is 14.1. The lowest BCUT2D eigenvalue weighted by Gasteiger charge is -2.32. The minimum Gasteiger partial charge on any atom is -0.480 e. The number of hydrogen-bond acceptors (Lipinski definition) is 20. The molecule has 0 radical (unpaired) electrons. The van der Waals surface area contributed by atoms with Crippen LogP contribution in [0.1, 0.15) is 181 Å². The van der Waals surface area contributed by atoms with Gasteiger partial charge in [0.2, 0.25) is 29.5 Å². The van der Waals surface area contributed by atoms with E-state index in [1.54, 1.807) is 41.5 Å². The van der Waals surface area contributed by atoms with E-state index in [2.05, 4.69) is 37.2 Å². The topological polar surface area (TPSA) is 536 Å². The molecule has 2 aliphatic rings. The first-order valence-electron chi connectivity index (χ1n) is 41.8. The summed E-state index contributed by atoms with van der Waals surface area (Å²) in [5.74, 6) is -11.9. The van der Waals surface area contributed by atoms with Gasteiger partial charge in [-0.1, -0.05) is 149 Å². The molecule has 2 heterocycles. The van der Waals surface area contributed by atoms with E-state index in [4.69, 9.17) is 48.0 Å². The summed E-state index contributed by atoms with van der Waals surface area (Å²) in [6.07, 6.45) is -0.418. The van der Waals surface area contributed by atoms with Crippen LogP contribution in [-0.2, 0) is 97.5 Å². The zero-order chi connectivity index (χ0) is 93.0. The normalized spacial score (nSPS) is 15.0. The van der Waals surface area contributed by atoms with Crippen molar-refractivity contribution >= 4 is 88.9 Å². The molecule has 36 heteroatoms. The van der Waals surface area contributed by atoms with Crippen molar-refractivity contribution in [3.8, 4) is 0 Å². The van der Waals surface area contributed by atoms with E-state index >= 15 is 0 Å². The molecule has 0 aliphatic carbocycles. The predicted molar refractivity (Wildman–Crippen MR) is 457 cm³/mol. The zero-order valence-corrected chi connectivity index (χ0v) is 72.7. The van der Waals surface area contributed by atoms with Gasteiger partial charge in [0.25, 0.3) is 0 Å². The second-order valence-electron chi connectivity index (χ2n) is 33.6. The number of ketones is 2. The summed E-state index contributed by atoms with van der Waals surface area (Å²) < 4.78 is 42.4. The van der Waals surface area contributed by atoms with E-state index in [1.807, 2.05) is 149 Å². The number of piperidine rings is 2. The Morgan fingerprint density at radius 3 is 1.19 bits per heavy atom. The monoisotopic (exact) mass is 1740 g/mol. The van der Waals surface area contributed by atoms with Crippen LogP contribution in [0.3, 0.4) is 0 Å². The third-order valence-electron chi connectivity index (χ3n) is 19.5. The number of amides is 11. The molecule has 6 rings (SSSR count). The molecule has 2 saturated heterocycles. The third-order valence-corrected chi connectivity index (χ3v) is 19.5. The largest absolute Gasteiger partial charge is 0.490 e. The SMILES string of the molecule is CC(C)C[C@@H](CC(=O)[C@@H](Cc1ccccc1)NC(=O)[C@@H](Cc1ccccc1)NC(=O)OC(C)(C)C)C(=O)N[C@H](CCCCNC(=O)OC(C)(C)C)C(=O)O.CC(C)C[C@@H](CC(=O)[C@@H](Cc1ccccc1)NC(=O)[C@H](N)Cc1ccccc1)C(=O)N[C@H](CCCCN)C(=O)NC1CCN(C(=O)C(N)=O)CC1.NC(=O)C(=O)N1CCC(N)CC1.O=C(O)C(F)(F)F. The summed E-state index contributed by atoms with van der Waals surface area (Å²) in [6, 6.07) is 30.8. The Labute approximate surface area is 723 Å². The zero-order valence-electron chi connectivity index (χ0n) is 72.7. The highest BCUT2D eigenvalue weighted by Gasteiger charge is 2.39. The van der Waals surface area contributed by atoms with Gasteiger partial charge in [-0.25, -0.2) is 19.2 Å². The number of halogens is 3. The molecule has 0 spiro atoms. The average molecular weight is 1740 g/mol. The van der Waals surface area contributed by atoms with E-state index in [-0.39, 0.29) is 93.8 Å². The summed E-state index contributed by atoms with van der Waals surface area (Å²) in [4.78, 5) is 190. The van der Waals surface area contributed by atoms with Crippen molar-refractivity contribution in [2.75, 3.05) is 39.3 Å². The summed E-state index contributed by atoms with van der Waals surface area (Å²) in [7, 11) is 0. The van der Waals surface area contributed by atoms with Crippen molar-refractivity contribution < 1.29 is 105 Å². The predicted octanol–water partition coefficient (Wildman–Crippen LogP) is 5.90. The fraction of sp³-hybridized carbons (Fsp3) is 0.557. The number of unbranched alkanes of at least 4 members (excludes halogenated alkanes) is 2. The maximum absolute atomic E-state index is 14.1. The van der Waals surface area contributed by atoms with Crippen LogP contribution in [0, 0.1) is 23.7 Å². The molecule has 11 amide bonds. The molecule has 2 fully saturated rings. The van der Waals surface area contributed by atoms with Crippen LogP contribution in [-0.4, -0.2) is 214 Å². The number of carbonyl (C=O) groups excluding carboxylic acids is 13. The van der Waals surface area contributed by atoms with E-state index in [9.17, 15) is 85.4 Å². The molecule has 0 bridgehead atoms. The summed E-state index contributed by atoms with van der Waals surface area (Å²) in [5, 5.41) is 36.6. The molecular weight excluding hydrogens is 1610 g/mol. The number of Topliss-reactive ketones (excluding diaryl/α,β-unsaturated/α-hetero) is 2. The number of likely N-dealkylation sites (tertiary alicyclic amines) is 2. The summed E-state index contributed by atoms with van der Waals surface area (Å²) in [6.45, 7) is 20.4. The first-order valence-corrected chi connectivity index (χ1v) is 41.8. The van der Waals surface area contributed by atoms with Crippen LogP contribution >= 0.6 is 0 Å². The fourth-order valence-corrected chi connectivity index (χ4v) is 13.2. The number of ether oxygens (including phenoxy) is 2. The Hall–Kier alpha value is -11.4. The summed E-state index contributed by atoms with van der Waals surface area (Å²) >= 11 is 0.